The third-order valence-electron chi connectivity index (χ3n) is 4.14. The molecule has 1 unspecified atom stereocenters. The van der Waals surface area contributed by atoms with Crippen LogP contribution in [0.2, 0.25) is 0 Å². The molecular weight excluding hydrogens is 246 g/mol. The van der Waals surface area contributed by atoms with Gasteiger partial charge >= 0.3 is 0 Å². The van der Waals surface area contributed by atoms with Crippen molar-refractivity contribution in [2.75, 3.05) is 6.54 Å². The number of fused-ring (bicyclic) bond motifs is 1. The highest BCUT2D eigenvalue weighted by Crippen LogP contribution is 2.32. The van der Waals surface area contributed by atoms with E-state index in [1.807, 2.05) is 23.1 Å². The van der Waals surface area contributed by atoms with Crippen molar-refractivity contribution < 1.29 is 4.79 Å². The van der Waals surface area contributed by atoms with E-state index in [-0.39, 0.29) is 17.9 Å². The molecule has 3 rings (SSSR count). The van der Waals surface area contributed by atoms with Gasteiger partial charge in [-0.3, -0.25) is 4.79 Å². The highest BCUT2D eigenvalue weighted by Gasteiger charge is 2.32. The van der Waals surface area contributed by atoms with Crippen molar-refractivity contribution in [1.29, 1.82) is 0 Å². The van der Waals surface area contributed by atoms with E-state index in [1.54, 1.807) is 0 Å². The second-order valence-electron chi connectivity index (χ2n) is 5.36. The standard InChI is InChI=1S/C18H17NO/c1-3-14-11-18(20)19(12-14)13(2)16-10-6-8-15-7-4-5-9-17(15)16/h1,4-10,13-14H,11-12H2,2H3/t13-,14?/m0/s1. The first kappa shape index (κ1) is 12.7. The van der Waals surface area contributed by atoms with Crippen LogP contribution in [0.4, 0.5) is 0 Å². The van der Waals surface area contributed by atoms with E-state index >= 15 is 0 Å². The van der Waals surface area contributed by atoms with Gasteiger partial charge in [-0.25, -0.2) is 0 Å². The number of nitrogens with zero attached hydrogens (tertiary/aromatic N) is 1. The molecule has 0 aromatic heterocycles. The van der Waals surface area contributed by atoms with Crippen LogP contribution in [-0.2, 0) is 4.79 Å². The van der Waals surface area contributed by atoms with Crippen LogP contribution >= 0.6 is 0 Å². The molecule has 1 aliphatic rings. The highest BCUT2D eigenvalue weighted by atomic mass is 16.2. The lowest BCUT2D eigenvalue weighted by atomic mass is 9.99. The summed E-state index contributed by atoms with van der Waals surface area (Å²) in [6, 6.07) is 14.6. The van der Waals surface area contributed by atoms with Gasteiger partial charge in [0.2, 0.25) is 5.91 Å². The molecule has 20 heavy (non-hydrogen) atoms. The maximum absolute atomic E-state index is 12.1. The van der Waals surface area contributed by atoms with Crippen LogP contribution in [0.15, 0.2) is 42.5 Å². The van der Waals surface area contributed by atoms with Crippen molar-refractivity contribution in [2.24, 2.45) is 5.92 Å². The number of likely N-dealkylation sites (tertiary alicyclic amines) is 1. The van der Waals surface area contributed by atoms with E-state index in [4.69, 9.17) is 6.42 Å². The minimum Gasteiger partial charge on any atom is -0.335 e. The zero-order chi connectivity index (χ0) is 14.1. The molecule has 2 heteroatoms. The Labute approximate surface area is 119 Å². The Morgan fingerprint density at radius 2 is 2.00 bits per heavy atom. The number of terminal acetylenes is 1. The van der Waals surface area contributed by atoms with Crippen LogP contribution in [0.1, 0.15) is 24.9 Å². The first-order chi connectivity index (χ1) is 9.70. The van der Waals surface area contributed by atoms with Gasteiger partial charge in [0.05, 0.1) is 6.04 Å². The van der Waals surface area contributed by atoms with Crippen LogP contribution in [0.3, 0.4) is 0 Å². The average Bonchev–Trinajstić information content (AvgIpc) is 2.87. The normalized spacial score (nSPS) is 20.1. The fourth-order valence-corrected chi connectivity index (χ4v) is 3.00. The van der Waals surface area contributed by atoms with Gasteiger partial charge in [-0.1, -0.05) is 42.5 Å². The van der Waals surface area contributed by atoms with E-state index in [2.05, 4.69) is 37.1 Å². The van der Waals surface area contributed by atoms with Crippen molar-refractivity contribution in [2.45, 2.75) is 19.4 Å². The molecule has 0 N–H and O–H groups in total. The molecule has 2 aromatic carbocycles. The van der Waals surface area contributed by atoms with E-state index in [0.29, 0.717) is 13.0 Å². The maximum atomic E-state index is 12.1. The summed E-state index contributed by atoms with van der Waals surface area (Å²) in [5.41, 5.74) is 1.19. The van der Waals surface area contributed by atoms with E-state index in [1.165, 1.54) is 16.3 Å². The van der Waals surface area contributed by atoms with Crippen LogP contribution in [0.25, 0.3) is 10.8 Å². The van der Waals surface area contributed by atoms with Crippen molar-refractivity contribution >= 4 is 16.7 Å². The third kappa shape index (κ3) is 2.06. The summed E-state index contributed by atoms with van der Waals surface area (Å²) in [6.45, 7) is 2.75. The molecule has 0 spiro atoms. The van der Waals surface area contributed by atoms with Crippen molar-refractivity contribution in [1.82, 2.24) is 4.90 Å². The quantitative estimate of drug-likeness (QED) is 0.761. The van der Waals surface area contributed by atoms with Crippen LogP contribution < -0.4 is 0 Å². The van der Waals surface area contributed by atoms with Crippen LogP contribution in [0, 0.1) is 18.3 Å². The molecular formula is C18H17NO. The molecule has 100 valence electrons. The lowest BCUT2D eigenvalue weighted by molar-refractivity contribution is -0.129. The Morgan fingerprint density at radius 1 is 1.25 bits per heavy atom. The van der Waals surface area contributed by atoms with Crippen molar-refractivity contribution in [3.05, 3.63) is 48.0 Å². The summed E-state index contributed by atoms with van der Waals surface area (Å²) >= 11 is 0. The summed E-state index contributed by atoms with van der Waals surface area (Å²) in [7, 11) is 0. The molecule has 0 bridgehead atoms. The molecule has 1 saturated heterocycles. The number of rotatable bonds is 2. The Morgan fingerprint density at radius 3 is 2.75 bits per heavy atom. The van der Waals surface area contributed by atoms with Crippen LogP contribution in [-0.4, -0.2) is 17.4 Å². The predicted octanol–water partition coefficient (Wildman–Crippen LogP) is 3.38. The number of hydrogen-bond acceptors (Lipinski definition) is 1. The first-order valence-corrected chi connectivity index (χ1v) is 6.94. The molecule has 2 aromatic rings. The van der Waals surface area contributed by atoms with Gasteiger partial charge in [0.25, 0.3) is 0 Å². The zero-order valence-corrected chi connectivity index (χ0v) is 11.5. The summed E-state index contributed by atoms with van der Waals surface area (Å²) in [5, 5.41) is 2.41. The molecule has 0 aliphatic carbocycles. The Kier molecular flexibility index (Phi) is 3.20. The minimum absolute atomic E-state index is 0.0555. The van der Waals surface area contributed by atoms with E-state index in [0.717, 1.165) is 0 Å². The van der Waals surface area contributed by atoms with E-state index < -0.39 is 0 Å². The summed E-state index contributed by atoms with van der Waals surface area (Å²) in [6.07, 6.45) is 5.94. The van der Waals surface area contributed by atoms with E-state index in [9.17, 15) is 4.79 Å². The summed E-state index contributed by atoms with van der Waals surface area (Å²) in [5.74, 6) is 2.92. The Hall–Kier alpha value is -2.27. The number of carbonyl (C=O) groups excluding carboxylic acids is 1. The average molecular weight is 263 g/mol. The topological polar surface area (TPSA) is 20.3 Å². The minimum atomic E-state index is 0.0555. The van der Waals surface area contributed by atoms with Crippen LogP contribution in [0.5, 0.6) is 0 Å². The molecule has 1 heterocycles. The molecule has 1 aliphatic heterocycles. The largest absolute Gasteiger partial charge is 0.335 e. The molecule has 0 radical (unpaired) electrons. The third-order valence-corrected chi connectivity index (χ3v) is 4.14. The number of hydrogen-bond donors (Lipinski definition) is 0. The van der Waals surface area contributed by atoms with Gasteiger partial charge in [-0.2, -0.15) is 0 Å². The second kappa shape index (κ2) is 5.02. The predicted molar refractivity (Wildman–Crippen MR) is 81.0 cm³/mol. The van der Waals surface area contributed by atoms with Gasteiger partial charge in [0, 0.05) is 18.9 Å². The fourth-order valence-electron chi connectivity index (χ4n) is 3.00. The number of benzene rings is 2. The smallest absolute Gasteiger partial charge is 0.224 e. The zero-order valence-electron chi connectivity index (χ0n) is 11.5. The van der Waals surface area contributed by atoms with Gasteiger partial charge in [0.15, 0.2) is 0 Å². The Bertz CT molecular complexity index is 693. The molecule has 1 amide bonds. The highest BCUT2D eigenvalue weighted by molar-refractivity contribution is 5.87. The Balaban J connectivity index is 1.99. The number of carbonyl (C=O) groups is 1. The second-order valence-corrected chi connectivity index (χ2v) is 5.36. The molecule has 2 atom stereocenters. The summed E-state index contributed by atoms with van der Waals surface area (Å²) < 4.78 is 0. The molecule has 2 nitrogen and oxygen atoms in total. The lowest BCUT2D eigenvalue weighted by Crippen LogP contribution is -2.28. The monoisotopic (exact) mass is 263 g/mol. The van der Waals surface area contributed by atoms with Gasteiger partial charge in [-0.15, -0.1) is 12.3 Å². The van der Waals surface area contributed by atoms with Crippen molar-refractivity contribution in [3.8, 4) is 12.3 Å². The van der Waals surface area contributed by atoms with Crippen molar-refractivity contribution in [3.63, 3.8) is 0 Å². The molecule has 1 fully saturated rings. The first-order valence-electron chi connectivity index (χ1n) is 6.94. The lowest BCUT2D eigenvalue weighted by Gasteiger charge is -2.26. The maximum Gasteiger partial charge on any atom is 0.224 e. The van der Waals surface area contributed by atoms with Gasteiger partial charge in [-0.05, 0) is 23.3 Å². The van der Waals surface area contributed by atoms with Gasteiger partial charge < -0.3 is 4.90 Å². The summed E-state index contributed by atoms with van der Waals surface area (Å²) in [4.78, 5) is 14.0. The number of amides is 1. The fraction of sp³-hybridized carbons (Fsp3) is 0.278. The van der Waals surface area contributed by atoms with Gasteiger partial charge in [0.1, 0.15) is 0 Å². The SMILES string of the molecule is C#CC1CC(=O)N([C@@H](C)c2cccc3ccccc23)C1. The molecule has 0 saturated carbocycles.